The van der Waals surface area contributed by atoms with Gasteiger partial charge in [-0.3, -0.25) is 4.79 Å². The number of allylic oxidation sites excluding steroid dienone is 1. The zero-order valence-corrected chi connectivity index (χ0v) is 13.5. The third-order valence-electron chi connectivity index (χ3n) is 3.29. The molecule has 1 N–H and O–H groups in total. The second-order valence-electron chi connectivity index (χ2n) is 4.87. The normalized spacial score (nSPS) is 10.9. The summed E-state index contributed by atoms with van der Waals surface area (Å²) in [7, 11) is 2.80. The van der Waals surface area contributed by atoms with Crippen LogP contribution in [0.25, 0.3) is 6.08 Å². The molecule has 0 bridgehead atoms. The lowest BCUT2D eigenvalue weighted by molar-refractivity contribution is -0.0498. The van der Waals surface area contributed by atoms with Crippen LogP contribution in [0.5, 0.6) is 23.0 Å². The van der Waals surface area contributed by atoms with Crippen LogP contribution in [0.3, 0.4) is 0 Å². The molecule has 0 saturated carbocycles. The minimum absolute atomic E-state index is 0.0245. The van der Waals surface area contributed by atoms with Gasteiger partial charge in [0.15, 0.2) is 17.3 Å². The fourth-order valence-corrected chi connectivity index (χ4v) is 2.08. The van der Waals surface area contributed by atoms with E-state index in [4.69, 9.17) is 9.47 Å². The van der Waals surface area contributed by atoms with Crippen molar-refractivity contribution in [1.82, 2.24) is 0 Å². The second-order valence-corrected chi connectivity index (χ2v) is 4.87. The molecule has 2 rings (SSSR count). The topological polar surface area (TPSA) is 65.0 Å². The molecule has 0 saturated heterocycles. The number of carbonyl (C=O) groups is 1. The molecule has 0 aromatic heterocycles. The molecule has 132 valence electrons. The summed E-state index contributed by atoms with van der Waals surface area (Å²) in [6.07, 6.45) is 2.84. The summed E-state index contributed by atoms with van der Waals surface area (Å²) in [5, 5.41) is 9.85. The molecule has 5 nitrogen and oxygen atoms in total. The number of rotatable bonds is 7. The number of ether oxygens (including phenoxy) is 3. The summed E-state index contributed by atoms with van der Waals surface area (Å²) in [6, 6.07) is 8.45. The zero-order valence-electron chi connectivity index (χ0n) is 13.5. The fourth-order valence-electron chi connectivity index (χ4n) is 2.08. The van der Waals surface area contributed by atoms with E-state index in [9.17, 15) is 18.7 Å². The van der Waals surface area contributed by atoms with Gasteiger partial charge in [-0.2, -0.15) is 8.78 Å². The first-order chi connectivity index (χ1) is 11.9. The summed E-state index contributed by atoms with van der Waals surface area (Å²) < 4.78 is 38.5. The predicted octanol–water partition coefficient (Wildman–Crippen LogP) is 3.91. The van der Waals surface area contributed by atoms with E-state index in [1.165, 1.54) is 50.6 Å². The van der Waals surface area contributed by atoms with Crippen molar-refractivity contribution < 1.29 is 32.9 Å². The minimum Gasteiger partial charge on any atom is -0.502 e. The zero-order chi connectivity index (χ0) is 18.4. The van der Waals surface area contributed by atoms with E-state index in [1.54, 1.807) is 12.1 Å². The van der Waals surface area contributed by atoms with Crippen molar-refractivity contribution in [2.75, 3.05) is 14.2 Å². The minimum atomic E-state index is -2.92. The fraction of sp³-hybridized carbons (Fsp3) is 0.167. The average molecular weight is 350 g/mol. The van der Waals surface area contributed by atoms with Crippen LogP contribution in [-0.4, -0.2) is 31.7 Å². The molecule has 0 heterocycles. The van der Waals surface area contributed by atoms with Gasteiger partial charge in [-0.1, -0.05) is 6.08 Å². The molecule has 25 heavy (non-hydrogen) atoms. The summed E-state index contributed by atoms with van der Waals surface area (Å²) in [5.74, 6) is -0.0684. The van der Waals surface area contributed by atoms with Crippen LogP contribution < -0.4 is 14.2 Å². The predicted molar refractivity (Wildman–Crippen MR) is 87.6 cm³/mol. The molecule has 0 atom stereocenters. The van der Waals surface area contributed by atoms with Gasteiger partial charge in [0.05, 0.1) is 14.2 Å². The lowest BCUT2D eigenvalue weighted by Crippen LogP contribution is -2.02. The molecular weight excluding hydrogens is 334 g/mol. The van der Waals surface area contributed by atoms with Crippen molar-refractivity contribution in [2.45, 2.75) is 6.61 Å². The highest BCUT2D eigenvalue weighted by Crippen LogP contribution is 2.37. The van der Waals surface area contributed by atoms with E-state index in [-0.39, 0.29) is 28.8 Å². The highest BCUT2D eigenvalue weighted by Gasteiger charge is 2.10. The first kappa shape index (κ1) is 18.3. The van der Waals surface area contributed by atoms with Crippen molar-refractivity contribution in [3.05, 3.63) is 53.6 Å². The Morgan fingerprint density at radius 3 is 2.12 bits per heavy atom. The molecule has 0 radical (unpaired) electrons. The number of carbonyl (C=O) groups excluding carboxylic acids is 1. The number of hydrogen-bond acceptors (Lipinski definition) is 5. The van der Waals surface area contributed by atoms with Gasteiger partial charge in [0.25, 0.3) is 0 Å². The number of alkyl halides is 2. The Bertz CT molecular complexity index is 745. The Balaban J connectivity index is 2.17. The molecule has 0 unspecified atom stereocenters. The SMILES string of the molecule is COc1cc(/C=C/C(=O)c2ccc(OC(F)F)cc2)cc(OC)c1O. The standard InChI is InChI=1S/C18H16F2O5/c1-23-15-9-11(10-16(24-2)17(15)22)3-8-14(21)12-4-6-13(7-5-12)25-18(19)20/h3-10,18,22H,1-2H3/b8-3+. The Labute approximate surface area is 143 Å². The maximum Gasteiger partial charge on any atom is 0.387 e. The van der Waals surface area contributed by atoms with Gasteiger partial charge < -0.3 is 19.3 Å². The highest BCUT2D eigenvalue weighted by atomic mass is 19.3. The molecule has 7 heteroatoms. The third kappa shape index (κ3) is 4.69. The number of methoxy groups -OCH3 is 2. The van der Waals surface area contributed by atoms with E-state index < -0.39 is 6.61 Å². The summed E-state index contributed by atoms with van der Waals surface area (Å²) in [6.45, 7) is -2.92. The molecule has 0 amide bonds. The van der Waals surface area contributed by atoms with Gasteiger partial charge in [0.1, 0.15) is 5.75 Å². The van der Waals surface area contributed by atoms with Crippen molar-refractivity contribution in [1.29, 1.82) is 0 Å². The molecule has 0 aliphatic carbocycles. The second kappa shape index (κ2) is 8.14. The van der Waals surface area contributed by atoms with Gasteiger partial charge in [-0.25, -0.2) is 0 Å². The number of aromatic hydroxyl groups is 1. The summed E-state index contributed by atoms with van der Waals surface area (Å²) in [5.41, 5.74) is 0.896. The highest BCUT2D eigenvalue weighted by molar-refractivity contribution is 6.06. The van der Waals surface area contributed by atoms with Crippen LogP contribution in [0.4, 0.5) is 8.78 Å². The average Bonchev–Trinajstić information content (AvgIpc) is 2.60. The Kier molecular flexibility index (Phi) is 5.94. The largest absolute Gasteiger partial charge is 0.502 e. The smallest absolute Gasteiger partial charge is 0.387 e. The third-order valence-corrected chi connectivity index (χ3v) is 3.29. The molecule has 2 aromatic carbocycles. The van der Waals surface area contributed by atoms with E-state index in [1.807, 2.05) is 0 Å². The van der Waals surface area contributed by atoms with Crippen LogP contribution in [0, 0.1) is 0 Å². The number of phenols is 1. The monoisotopic (exact) mass is 350 g/mol. The number of halogens is 2. The number of ketones is 1. The quantitative estimate of drug-likeness (QED) is 0.606. The van der Waals surface area contributed by atoms with E-state index in [2.05, 4.69) is 4.74 Å². The summed E-state index contributed by atoms with van der Waals surface area (Å²) in [4.78, 5) is 12.1. The van der Waals surface area contributed by atoms with Crippen LogP contribution in [0.15, 0.2) is 42.5 Å². The first-order valence-corrected chi connectivity index (χ1v) is 7.17. The van der Waals surface area contributed by atoms with Gasteiger partial charge in [-0.05, 0) is 48.0 Å². The molecule has 0 aliphatic rings. The maximum absolute atomic E-state index is 12.1. The molecule has 0 aliphatic heterocycles. The summed E-state index contributed by atoms with van der Waals surface area (Å²) >= 11 is 0. The first-order valence-electron chi connectivity index (χ1n) is 7.17. The maximum atomic E-state index is 12.1. The lowest BCUT2D eigenvalue weighted by atomic mass is 10.1. The van der Waals surface area contributed by atoms with Crippen LogP contribution in [-0.2, 0) is 0 Å². The van der Waals surface area contributed by atoms with Gasteiger partial charge in [0.2, 0.25) is 5.75 Å². The van der Waals surface area contributed by atoms with E-state index in [0.717, 1.165) is 0 Å². The van der Waals surface area contributed by atoms with Crippen LogP contribution in [0.2, 0.25) is 0 Å². The Hall–Kier alpha value is -3.09. The van der Waals surface area contributed by atoms with Gasteiger partial charge in [-0.15, -0.1) is 0 Å². The van der Waals surface area contributed by atoms with Gasteiger partial charge >= 0.3 is 6.61 Å². The lowest BCUT2D eigenvalue weighted by Gasteiger charge is -2.09. The van der Waals surface area contributed by atoms with E-state index in [0.29, 0.717) is 11.1 Å². The van der Waals surface area contributed by atoms with Crippen molar-refractivity contribution >= 4 is 11.9 Å². The Morgan fingerprint density at radius 2 is 1.64 bits per heavy atom. The number of hydrogen-bond donors (Lipinski definition) is 1. The van der Waals surface area contributed by atoms with Gasteiger partial charge in [0, 0.05) is 5.56 Å². The van der Waals surface area contributed by atoms with Crippen LogP contribution in [0.1, 0.15) is 15.9 Å². The van der Waals surface area contributed by atoms with Crippen molar-refractivity contribution in [2.24, 2.45) is 0 Å². The molecular formula is C18H16F2O5. The van der Waals surface area contributed by atoms with Crippen molar-refractivity contribution in [3.63, 3.8) is 0 Å². The molecule has 2 aromatic rings. The van der Waals surface area contributed by atoms with Crippen LogP contribution >= 0.6 is 0 Å². The van der Waals surface area contributed by atoms with E-state index >= 15 is 0 Å². The molecule has 0 spiro atoms. The van der Waals surface area contributed by atoms with Crippen molar-refractivity contribution in [3.8, 4) is 23.0 Å². The Morgan fingerprint density at radius 1 is 1.08 bits per heavy atom. The number of benzene rings is 2. The molecule has 0 fully saturated rings. The number of phenolic OH excluding ortho intramolecular Hbond substituents is 1.